The van der Waals surface area contributed by atoms with Crippen LogP contribution in [-0.2, 0) is 0 Å². The molecule has 2 heterocycles. The minimum atomic E-state index is 0.0941. The van der Waals surface area contributed by atoms with Crippen molar-refractivity contribution in [3.63, 3.8) is 0 Å². The lowest BCUT2D eigenvalue weighted by Gasteiger charge is -2.38. The Morgan fingerprint density at radius 3 is 1.74 bits per heavy atom. The first-order valence-electron chi connectivity index (χ1n) is 12.7. The number of nitrogen functional groups attached to an aromatic ring is 1. The van der Waals surface area contributed by atoms with Crippen LogP contribution in [0, 0.1) is 0 Å². The Balaban J connectivity index is 1.78. The number of nitrogens with one attached hydrogen (secondary N) is 2. The second kappa shape index (κ2) is 17.6. The van der Waals surface area contributed by atoms with Gasteiger partial charge in [0.2, 0.25) is 0 Å². The summed E-state index contributed by atoms with van der Waals surface area (Å²) in [5, 5.41) is 43.4. The van der Waals surface area contributed by atoms with Crippen molar-refractivity contribution in [2.75, 3.05) is 134 Å². The number of nitrogens with zero attached hydrogens (tertiary/aromatic N) is 5. The molecule has 0 bridgehead atoms. The predicted octanol–water partition coefficient (Wildman–Crippen LogP) is -2.96. The van der Waals surface area contributed by atoms with Crippen molar-refractivity contribution in [3.05, 3.63) is 12.3 Å². The molecule has 0 radical (unpaired) electrons. The number of aromatic nitrogens is 1. The van der Waals surface area contributed by atoms with Gasteiger partial charge in [0.1, 0.15) is 0 Å². The Morgan fingerprint density at radius 2 is 1.23 bits per heavy atom. The minimum Gasteiger partial charge on any atom is -0.397 e. The molecule has 0 amide bonds. The third-order valence-corrected chi connectivity index (χ3v) is 6.14. The molecule has 0 atom stereocenters. The number of nitrogens with two attached hydrogens (primary N) is 1. The molecule has 0 aromatic carbocycles. The molecule has 12 nitrogen and oxygen atoms in total. The van der Waals surface area contributed by atoms with Crippen LogP contribution in [0.5, 0.6) is 0 Å². The summed E-state index contributed by atoms with van der Waals surface area (Å²) in [6.45, 7) is 10.9. The van der Waals surface area contributed by atoms with Gasteiger partial charge in [-0.1, -0.05) is 0 Å². The summed E-state index contributed by atoms with van der Waals surface area (Å²) in [6, 6.07) is 1.99. The summed E-state index contributed by atoms with van der Waals surface area (Å²) in [6.07, 6.45) is 1.71. The van der Waals surface area contributed by atoms with Crippen LogP contribution in [-0.4, -0.2) is 153 Å². The lowest BCUT2D eigenvalue weighted by Crippen LogP contribution is -2.46. The Bertz CT molecular complexity index is 675. The van der Waals surface area contributed by atoms with E-state index in [1.807, 2.05) is 15.9 Å². The summed E-state index contributed by atoms with van der Waals surface area (Å²) >= 11 is 0. The number of aliphatic hydroxyl groups is 4. The van der Waals surface area contributed by atoms with E-state index in [-0.39, 0.29) is 26.4 Å². The molecule has 0 saturated carbocycles. The van der Waals surface area contributed by atoms with E-state index in [0.29, 0.717) is 31.9 Å². The highest BCUT2D eigenvalue weighted by molar-refractivity contribution is 5.72. The molecule has 0 fully saturated rings. The number of rotatable bonds is 20. The van der Waals surface area contributed by atoms with Gasteiger partial charge in [0.25, 0.3) is 0 Å². The van der Waals surface area contributed by atoms with Crippen molar-refractivity contribution >= 4 is 17.2 Å². The van der Waals surface area contributed by atoms with Gasteiger partial charge in [-0.2, -0.15) is 0 Å². The van der Waals surface area contributed by atoms with E-state index in [1.54, 1.807) is 6.20 Å². The smallest absolute Gasteiger partial charge is 0.152 e. The number of hydrogen-bond acceptors (Lipinski definition) is 12. The molecule has 35 heavy (non-hydrogen) atoms. The van der Waals surface area contributed by atoms with Crippen molar-refractivity contribution in [3.8, 4) is 0 Å². The predicted molar refractivity (Wildman–Crippen MR) is 140 cm³/mol. The summed E-state index contributed by atoms with van der Waals surface area (Å²) in [4.78, 5) is 13.3. The van der Waals surface area contributed by atoms with Crippen LogP contribution >= 0.6 is 0 Å². The quantitative estimate of drug-likeness (QED) is 0.0918. The topological polar surface area (TPSA) is 157 Å². The molecule has 2 rings (SSSR count). The first-order valence-corrected chi connectivity index (χ1v) is 12.7. The molecule has 1 aromatic rings. The summed E-state index contributed by atoms with van der Waals surface area (Å²) in [5.41, 5.74) is 7.76. The second-order valence-electron chi connectivity index (χ2n) is 8.66. The third-order valence-electron chi connectivity index (χ3n) is 6.14. The van der Waals surface area contributed by atoms with E-state index in [9.17, 15) is 0 Å². The summed E-state index contributed by atoms with van der Waals surface area (Å²) < 4.78 is 0. The molecule has 0 spiro atoms. The molecule has 1 aliphatic heterocycles. The molecule has 1 aromatic heterocycles. The van der Waals surface area contributed by atoms with Gasteiger partial charge in [-0.05, 0) is 6.07 Å². The van der Waals surface area contributed by atoms with Crippen LogP contribution in [0.1, 0.15) is 0 Å². The van der Waals surface area contributed by atoms with Crippen LogP contribution < -0.4 is 26.2 Å². The molecule has 8 N–H and O–H groups in total. The van der Waals surface area contributed by atoms with Crippen molar-refractivity contribution in [1.29, 1.82) is 0 Å². The zero-order valence-electron chi connectivity index (χ0n) is 21.0. The fraction of sp³-hybridized carbons (Fsp3) is 0.783. The fourth-order valence-electron chi connectivity index (χ4n) is 4.24. The van der Waals surface area contributed by atoms with Crippen LogP contribution in [0.25, 0.3) is 0 Å². The standard InChI is InChI=1S/C23H46N8O4/c24-21-19-22-23(27-20-21)31(8-4-26-2-6-29(13-17-34)14-18-35)10-9-30(22)7-3-25-1-5-28(11-15-32)12-16-33/h19-20,25-26,32-35H,1-18,24H2. The monoisotopic (exact) mass is 498 g/mol. The summed E-state index contributed by atoms with van der Waals surface area (Å²) in [5.74, 6) is 0.950. The van der Waals surface area contributed by atoms with Crippen LogP contribution in [0.2, 0.25) is 0 Å². The number of hydrogen-bond donors (Lipinski definition) is 7. The van der Waals surface area contributed by atoms with Gasteiger partial charge in [-0.3, -0.25) is 9.80 Å². The molecule has 0 saturated heterocycles. The van der Waals surface area contributed by atoms with Gasteiger partial charge in [0.05, 0.1) is 44.0 Å². The Kier molecular flexibility index (Phi) is 14.8. The first-order chi connectivity index (χ1) is 17.1. The third kappa shape index (κ3) is 10.8. The molecular weight excluding hydrogens is 452 g/mol. The number of anilines is 3. The lowest BCUT2D eigenvalue weighted by molar-refractivity contribution is 0.161. The van der Waals surface area contributed by atoms with E-state index < -0.39 is 0 Å². The van der Waals surface area contributed by atoms with Crippen molar-refractivity contribution < 1.29 is 20.4 Å². The van der Waals surface area contributed by atoms with Gasteiger partial charge >= 0.3 is 0 Å². The van der Waals surface area contributed by atoms with E-state index >= 15 is 0 Å². The average Bonchev–Trinajstić information content (AvgIpc) is 2.84. The lowest BCUT2D eigenvalue weighted by atomic mass is 10.2. The number of fused-ring (bicyclic) bond motifs is 1. The van der Waals surface area contributed by atoms with E-state index in [0.717, 1.165) is 77.0 Å². The molecule has 0 aliphatic carbocycles. The molecule has 202 valence electrons. The maximum atomic E-state index is 9.12. The summed E-state index contributed by atoms with van der Waals surface area (Å²) in [7, 11) is 0. The highest BCUT2D eigenvalue weighted by Crippen LogP contribution is 2.31. The Labute approximate surface area is 209 Å². The minimum absolute atomic E-state index is 0.0941. The zero-order valence-corrected chi connectivity index (χ0v) is 21.0. The van der Waals surface area contributed by atoms with Crippen LogP contribution in [0.4, 0.5) is 17.2 Å². The van der Waals surface area contributed by atoms with Crippen molar-refractivity contribution in [2.45, 2.75) is 0 Å². The fourth-order valence-corrected chi connectivity index (χ4v) is 4.24. The molecular formula is C23H46N8O4. The molecule has 1 aliphatic rings. The highest BCUT2D eigenvalue weighted by Gasteiger charge is 2.23. The maximum absolute atomic E-state index is 9.12. The maximum Gasteiger partial charge on any atom is 0.152 e. The van der Waals surface area contributed by atoms with E-state index in [4.69, 9.17) is 26.2 Å². The van der Waals surface area contributed by atoms with Crippen LogP contribution in [0.3, 0.4) is 0 Å². The number of aliphatic hydroxyl groups excluding tert-OH is 4. The van der Waals surface area contributed by atoms with E-state index in [2.05, 4.69) is 25.4 Å². The average molecular weight is 499 g/mol. The van der Waals surface area contributed by atoms with Gasteiger partial charge in [0.15, 0.2) is 5.82 Å². The zero-order chi connectivity index (χ0) is 25.3. The normalized spacial score (nSPS) is 13.8. The van der Waals surface area contributed by atoms with Gasteiger partial charge in [-0.25, -0.2) is 4.98 Å². The van der Waals surface area contributed by atoms with Crippen molar-refractivity contribution in [2.24, 2.45) is 0 Å². The molecule has 12 heteroatoms. The Morgan fingerprint density at radius 1 is 0.743 bits per heavy atom. The number of pyridine rings is 1. The van der Waals surface area contributed by atoms with Gasteiger partial charge in [0, 0.05) is 91.6 Å². The highest BCUT2D eigenvalue weighted by atomic mass is 16.3. The second-order valence-corrected chi connectivity index (χ2v) is 8.66. The van der Waals surface area contributed by atoms with Gasteiger partial charge < -0.3 is 46.6 Å². The first kappa shape index (κ1) is 29.5. The van der Waals surface area contributed by atoms with E-state index in [1.165, 1.54) is 0 Å². The molecule has 0 unspecified atom stereocenters. The largest absolute Gasteiger partial charge is 0.397 e. The van der Waals surface area contributed by atoms with Crippen LogP contribution in [0.15, 0.2) is 12.3 Å². The van der Waals surface area contributed by atoms with Crippen molar-refractivity contribution in [1.82, 2.24) is 25.4 Å². The van der Waals surface area contributed by atoms with Gasteiger partial charge in [-0.15, -0.1) is 0 Å². The Hall–Kier alpha value is -1.77. The SMILES string of the molecule is Nc1cnc2c(c1)N(CCNCCN(CCO)CCO)CCN2CCNCCN(CCO)CCO.